The van der Waals surface area contributed by atoms with Gasteiger partial charge in [-0.25, -0.2) is 4.39 Å². The van der Waals surface area contributed by atoms with Crippen molar-refractivity contribution in [3.63, 3.8) is 0 Å². The first-order valence-corrected chi connectivity index (χ1v) is 8.24. The lowest BCUT2D eigenvalue weighted by atomic mass is 9.92. The van der Waals surface area contributed by atoms with Gasteiger partial charge in [-0.1, -0.05) is 52.3 Å². The summed E-state index contributed by atoms with van der Waals surface area (Å²) in [4.78, 5) is 0. The van der Waals surface area contributed by atoms with Crippen LogP contribution in [0.25, 0.3) is 0 Å². The molecular weight excluding hydrogens is 329 g/mol. The van der Waals surface area contributed by atoms with Gasteiger partial charge in [0.05, 0.1) is 0 Å². The molecule has 1 aliphatic rings. The lowest BCUT2D eigenvalue weighted by Gasteiger charge is -2.19. The summed E-state index contributed by atoms with van der Waals surface area (Å²) >= 11 is 3.48. The Bertz CT molecular complexity index is 595. The Hall–Kier alpha value is -1.19. The van der Waals surface area contributed by atoms with Crippen molar-refractivity contribution in [3.05, 3.63) is 69.9 Å². The highest BCUT2D eigenvalue weighted by Crippen LogP contribution is 2.27. The molecule has 1 saturated carbocycles. The van der Waals surface area contributed by atoms with E-state index in [1.54, 1.807) is 6.07 Å². The molecule has 1 unspecified atom stereocenters. The van der Waals surface area contributed by atoms with Gasteiger partial charge in [-0.2, -0.15) is 0 Å². The third kappa shape index (κ3) is 4.14. The van der Waals surface area contributed by atoms with E-state index in [-0.39, 0.29) is 5.82 Å². The second kappa shape index (κ2) is 6.71. The molecule has 0 heterocycles. The minimum absolute atomic E-state index is 0.196. The molecule has 21 heavy (non-hydrogen) atoms. The van der Waals surface area contributed by atoms with Gasteiger partial charge in [-0.05, 0) is 42.5 Å². The second-order valence-electron chi connectivity index (χ2n) is 5.73. The summed E-state index contributed by atoms with van der Waals surface area (Å²) in [5.41, 5.74) is 2.49. The molecule has 1 fully saturated rings. The van der Waals surface area contributed by atoms with Crippen LogP contribution in [-0.2, 0) is 6.42 Å². The Morgan fingerprint density at radius 1 is 1.14 bits per heavy atom. The fourth-order valence-corrected chi connectivity index (χ4v) is 3.09. The van der Waals surface area contributed by atoms with Crippen LogP contribution in [0.2, 0.25) is 0 Å². The molecule has 0 amide bonds. The highest BCUT2D eigenvalue weighted by atomic mass is 79.9. The van der Waals surface area contributed by atoms with Crippen molar-refractivity contribution >= 4 is 15.9 Å². The molecule has 0 spiro atoms. The van der Waals surface area contributed by atoms with Crippen LogP contribution >= 0.6 is 15.9 Å². The van der Waals surface area contributed by atoms with E-state index in [9.17, 15) is 4.39 Å². The third-order valence-corrected chi connectivity index (χ3v) is 4.72. The van der Waals surface area contributed by atoms with Crippen LogP contribution < -0.4 is 5.32 Å². The standard InChI is InChI=1S/C18H19BrFN/c19-18-11-16(20)7-6-14(18)10-15(12-21-17-8-9-17)13-4-2-1-3-5-13/h1-7,11,15,17,21H,8-10,12H2. The van der Waals surface area contributed by atoms with Crippen LogP contribution in [0, 0.1) is 5.82 Å². The summed E-state index contributed by atoms with van der Waals surface area (Å²) in [7, 11) is 0. The van der Waals surface area contributed by atoms with Gasteiger partial charge in [0.15, 0.2) is 0 Å². The second-order valence-corrected chi connectivity index (χ2v) is 6.58. The van der Waals surface area contributed by atoms with E-state index in [1.807, 2.05) is 12.1 Å². The van der Waals surface area contributed by atoms with E-state index >= 15 is 0 Å². The quantitative estimate of drug-likeness (QED) is 0.800. The van der Waals surface area contributed by atoms with Crippen molar-refractivity contribution in [1.29, 1.82) is 0 Å². The molecule has 1 N–H and O–H groups in total. The van der Waals surface area contributed by atoms with Crippen LogP contribution in [0.4, 0.5) is 4.39 Å². The van der Waals surface area contributed by atoms with Crippen LogP contribution in [0.3, 0.4) is 0 Å². The van der Waals surface area contributed by atoms with Crippen molar-refractivity contribution in [2.45, 2.75) is 31.2 Å². The maximum absolute atomic E-state index is 13.2. The van der Waals surface area contributed by atoms with E-state index in [0.717, 1.165) is 23.0 Å². The van der Waals surface area contributed by atoms with Crippen LogP contribution in [-0.4, -0.2) is 12.6 Å². The minimum atomic E-state index is -0.196. The first-order chi connectivity index (χ1) is 10.2. The number of hydrogen-bond acceptors (Lipinski definition) is 1. The lowest BCUT2D eigenvalue weighted by molar-refractivity contribution is 0.575. The molecule has 1 aliphatic carbocycles. The normalized spacial score (nSPS) is 15.9. The summed E-state index contributed by atoms with van der Waals surface area (Å²) in [6.45, 7) is 0.971. The Morgan fingerprint density at radius 2 is 1.90 bits per heavy atom. The van der Waals surface area contributed by atoms with Crippen molar-refractivity contribution in [2.75, 3.05) is 6.54 Å². The van der Waals surface area contributed by atoms with Gasteiger partial charge in [0.1, 0.15) is 5.82 Å². The highest BCUT2D eigenvalue weighted by Gasteiger charge is 2.23. The molecule has 0 aromatic heterocycles. The smallest absolute Gasteiger partial charge is 0.124 e. The zero-order chi connectivity index (χ0) is 14.7. The molecule has 2 aromatic rings. The van der Waals surface area contributed by atoms with E-state index < -0.39 is 0 Å². The molecule has 0 bridgehead atoms. The molecule has 1 atom stereocenters. The number of nitrogens with one attached hydrogen (secondary N) is 1. The first-order valence-electron chi connectivity index (χ1n) is 7.44. The molecule has 0 radical (unpaired) electrons. The van der Waals surface area contributed by atoms with Crippen molar-refractivity contribution < 1.29 is 4.39 Å². The van der Waals surface area contributed by atoms with Gasteiger partial charge in [0, 0.05) is 23.0 Å². The van der Waals surface area contributed by atoms with Gasteiger partial charge in [0.2, 0.25) is 0 Å². The Kier molecular flexibility index (Phi) is 4.71. The van der Waals surface area contributed by atoms with Gasteiger partial charge >= 0.3 is 0 Å². The van der Waals surface area contributed by atoms with E-state index in [1.165, 1.54) is 24.5 Å². The number of hydrogen-bond donors (Lipinski definition) is 1. The fraction of sp³-hybridized carbons (Fsp3) is 0.333. The largest absolute Gasteiger partial charge is 0.313 e. The summed E-state index contributed by atoms with van der Waals surface area (Å²) in [6, 6.07) is 16.2. The molecular formula is C18H19BrFN. The van der Waals surface area contributed by atoms with Gasteiger partial charge in [-0.15, -0.1) is 0 Å². The molecule has 3 heteroatoms. The number of rotatable bonds is 6. The fourth-order valence-electron chi connectivity index (χ4n) is 2.58. The van der Waals surface area contributed by atoms with Crippen LogP contribution in [0.15, 0.2) is 53.0 Å². The topological polar surface area (TPSA) is 12.0 Å². The Morgan fingerprint density at radius 3 is 2.57 bits per heavy atom. The van der Waals surface area contributed by atoms with Crippen LogP contribution in [0.1, 0.15) is 29.9 Å². The number of benzene rings is 2. The lowest BCUT2D eigenvalue weighted by Crippen LogP contribution is -2.25. The SMILES string of the molecule is Fc1ccc(CC(CNC2CC2)c2ccccc2)c(Br)c1. The summed E-state index contributed by atoms with van der Waals surface area (Å²) < 4.78 is 14.1. The average Bonchev–Trinajstić information content (AvgIpc) is 3.31. The molecule has 0 saturated heterocycles. The zero-order valence-corrected chi connectivity index (χ0v) is 13.4. The third-order valence-electron chi connectivity index (χ3n) is 3.98. The summed E-state index contributed by atoms with van der Waals surface area (Å²) in [5, 5.41) is 3.62. The molecule has 110 valence electrons. The first kappa shape index (κ1) is 14.7. The van der Waals surface area contributed by atoms with Crippen LogP contribution in [0.5, 0.6) is 0 Å². The summed E-state index contributed by atoms with van der Waals surface area (Å²) in [6.07, 6.45) is 3.49. The maximum Gasteiger partial charge on any atom is 0.124 e. The van der Waals surface area contributed by atoms with Gasteiger partial charge in [-0.3, -0.25) is 0 Å². The Balaban J connectivity index is 1.77. The predicted molar refractivity (Wildman–Crippen MR) is 88.0 cm³/mol. The Labute approximate surface area is 133 Å². The molecule has 0 aliphatic heterocycles. The molecule has 1 nitrogen and oxygen atoms in total. The zero-order valence-electron chi connectivity index (χ0n) is 11.9. The number of halogens is 2. The maximum atomic E-state index is 13.2. The molecule has 3 rings (SSSR count). The van der Waals surface area contributed by atoms with E-state index in [2.05, 4.69) is 45.5 Å². The van der Waals surface area contributed by atoms with Crippen molar-refractivity contribution in [2.24, 2.45) is 0 Å². The van der Waals surface area contributed by atoms with E-state index in [0.29, 0.717) is 12.0 Å². The van der Waals surface area contributed by atoms with Gasteiger partial charge < -0.3 is 5.32 Å². The predicted octanol–water partition coefficient (Wildman–Crippen LogP) is 4.67. The monoisotopic (exact) mass is 347 g/mol. The highest BCUT2D eigenvalue weighted by molar-refractivity contribution is 9.10. The van der Waals surface area contributed by atoms with Crippen molar-refractivity contribution in [3.8, 4) is 0 Å². The van der Waals surface area contributed by atoms with E-state index in [4.69, 9.17) is 0 Å². The minimum Gasteiger partial charge on any atom is -0.313 e. The summed E-state index contributed by atoms with van der Waals surface area (Å²) in [5.74, 6) is 0.214. The van der Waals surface area contributed by atoms with Crippen molar-refractivity contribution in [1.82, 2.24) is 5.32 Å². The molecule has 2 aromatic carbocycles. The average molecular weight is 348 g/mol. The van der Waals surface area contributed by atoms with Gasteiger partial charge in [0.25, 0.3) is 0 Å².